The van der Waals surface area contributed by atoms with Crippen LogP contribution in [0.25, 0.3) is 0 Å². The van der Waals surface area contributed by atoms with E-state index in [1.165, 1.54) is 0 Å². The molecule has 0 spiro atoms. The van der Waals surface area contributed by atoms with Gasteiger partial charge in [0, 0.05) is 18.3 Å². The zero-order chi connectivity index (χ0) is 13.4. The Kier molecular flexibility index (Phi) is 6.13. The number of aromatic nitrogens is 1. The minimum absolute atomic E-state index is 0.116. The van der Waals surface area contributed by atoms with E-state index in [1.807, 2.05) is 12.3 Å². The van der Waals surface area contributed by atoms with Crippen molar-refractivity contribution in [2.45, 2.75) is 20.3 Å². The maximum absolute atomic E-state index is 11.3. The van der Waals surface area contributed by atoms with Gasteiger partial charge in [-0.3, -0.25) is 4.79 Å². The number of carbonyl (C=O) groups excluding carboxylic acids is 2. The molecule has 2 amide bonds. The van der Waals surface area contributed by atoms with Crippen LogP contribution in [0.4, 0.5) is 4.79 Å². The number of ether oxygens (including phenoxy) is 1. The van der Waals surface area contributed by atoms with E-state index in [4.69, 9.17) is 0 Å². The number of hydrogen-bond acceptors (Lipinski definition) is 5. The fourth-order valence-electron chi connectivity index (χ4n) is 1.25. The van der Waals surface area contributed by atoms with E-state index < -0.39 is 5.97 Å². The molecule has 0 aliphatic rings. The average Bonchev–Trinajstić information content (AvgIpc) is 2.73. The monoisotopic (exact) mass is 271 g/mol. The molecule has 100 valence electrons. The van der Waals surface area contributed by atoms with E-state index in [0.717, 1.165) is 10.7 Å². The minimum Gasteiger partial charge on any atom is -0.465 e. The molecule has 0 saturated carbocycles. The summed E-state index contributed by atoms with van der Waals surface area (Å²) in [5, 5.41) is 8.04. The van der Waals surface area contributed by atoms with Gasteiger partial charge in [-0.15, -0.1) is 11.3 Å². The van der Waals surface area contributed by atoms with Gasteiger partial charge >= 0.3 is 12.0 Å². The lowest BCUT2D eigenvalue weighted by molar-refractivity contribution is -0.141. The van der Waals surface area contributed by atoms with E-state index in [-0.39, 0.29) is 12.6 Å². The first-order chi connectivity index (χ1) is 8.61. The summed E-state index contributed by atoms with van der Waals surface area (Å²) in [6, 6.07) is -0.380. The van der Waals surface area contributed by atoms with Crippen LogP contribution in [0.1, 0.15) is 17.6 Å². The van der Waals surface area contributed by atoms with Crippen LogP contribution in [0.15, 0.2) is 5.38 Å². The predicted molar refractivity (Wildman–Crippen MR) is 68.6 cm³/mol. The van der Waals surface area contributed by atoms with Crippen molar-refractivity contribution in [2.75, 3.05) is 19.7 Å². The van der Waals surface area contributed by atoms with Gasteiger partial charge in [0.25, 0.3) is 0 Å². The Morgan fingerprint density at radius 2 is 2.22 bits per heavy atom. The first-order valence-corrected chi connectivity index (χ1v) is 6.58. The van der Waals surface area contributed by atoms with Crippen molar-refractivity contribution in [3.05, 3.63) is 16.1 Å². The molecule has 1 rings (SSSR count). The Labute approximate surface area is 110 Å². The summed E-state index contributed by atoms with van der Waals surface area (Å²) in [6.45, 7) is 4.33. The van der Waals surface area contributed by atoms with Crippen LogP contribution in [-0.2, 0) is 16.0 Å². The average molecular weight is 271 g/mol. The summed E-state index contributed by atoms with van der Waals surface area (Å²) in [5.74, 6) is -0.442. The fourth-order valence-corrected chi connectivity index (χ4v) is 1.90. The summed E-state index contributed by atoms with van der Waals surface area (Å²) in [7, 11) is 0. The molecule has 2 N–H and O–H groups in total. The molecular formula is C11H17N3O3S. The molecule has 1 aromatic rings. The van der Waals surface area contributed by atoms with E-state index in [2.05, 4.69) is 20.4 Å². The number of nitrogens with zero attached hydrogens (tertiary/aromatic N) is 1. The zero-order valence-corrected chi connectivity index (χ0v) is 11.3. The number of thiazole rings is 1. The second-order valence-electron chi connectivity index (χ2n) is 3.52. The van der Waals surface area contributed by atoms with Crippen LogP contribution in [0.2, 0.25) is 0 Å². The standard InChI is InChI=1S/C11H17N3O3S/c1-3-17-10(15)6-13-11(16)12-5-4-9-7-18-8(2)14-9/h7H,3-6H2,1-2H3,(H2,12,13,16). The van der Waals surface area contributed by atoms with Crippen molar-refractivity contribution in [1.29, 1.82) is 0 Å². The van der Waals surface area contributed by atoms with E-state index in [1.54, 1.807) is 18.3 Å². The van der Waals surface area contributed by atoms with Gasteiger partial charge in [-0.1, -0.05) is 0 Å². The third-order valence-corrected chi connectivity index (χ3v) is 2.85. The molecule has 0 aliphatic carbocycles. The smallest absolute Gasteiger partial charge is 0.325 e. The second-order valence-corrected chi connectivity index (χ2v) is 4.58. The topological polar surface area (TPSA) is 80.3 Å². The van der Waals surface area contributed by atoms with E-state index in [9.17, 15) is 9.59 Å². The third kappa shape index (κ3) is 5.62. The molecule has 0 saturated heterocycles. The highest BCUT2D eigenvalue weighted by atomic mass is 32.1. The number of nitrogens with one attached hydrogen (secondary N) is 2. The normalized spacial score (nSPS) is 9.89. The van der Waals surface area contributed by atoms with Crippen molar-refractivity contribution in [1.82, 2.24) is 15.6 Å². The number of esters is 1. The van der Waals surface area contributed by atoms with Gasteiger partial charge < -0.3 is 15.4 Å². The highest BCUT2D eigenvalue weighted by molar-refractivity contribution is 7.09. The molecule has 1 heterocycles. The Bertz CT molecular complexity index is 406. The largest absolute Gasteiger partial charge is 0.465 e. The number of carbonyl (C=O) groups is 2. The number of rotatable bonds is 6. The van der Waals surface area contributed by atoms with Crippen LogP contribution in [0.5, 0.6) is 0 Å². The first-order valence-electron chi connectivity index (χ1n) is 5.70. The molecular weight excluding hydrogens is 254 g/mol. The highest BCUT2D eigenvalue weighted by Gasteiger charge is 2.05. The summed E-state index contributed by atoms with van der Waals surface area (Å²) in [6.07, 6.45) is 0.678. The molecule has 0 atom stereocenters. The quantitative estimate of drug-likeness (QED) is 0.752. The lowest BCUT2D eigenvalue weighted by atomic mass is 10.3. The Morgan fingerprint density at radius 1 is 1.44 bits per heavy atom. The van der Waals surface area contributed by atoms with Crippen LogP contribution in [-0.4, -0.2) is 36.7 Å². The summed E-state index contributed by atoms with van der Waals surface area (Å²) in [5.41, 5.74) is 0.961. The molecule has 0 unspecified atom stereocenters. The van der Waals surface area contributed by atoms with Crippen LogP contribution >= 0.6 is 11.3 Å². The van der Waals surface area contributed by atoms with Crippen molar-refractivity contribution in [3.63, 3.8) is 0 Å². The maximum Gasteiger partial charge on any atom is 0.325 e. The zero-order valence-electron chi connectivity index (χ0n) is 10.5. The molecule has 0 aliphatic heterocycles. The molecule has 6 nitrogen and oxygen atoms in total. The number of amides is 2. The number of aryl methyl sites for hydroxylation is 1. The highest BCUT2D eigenvalue weighted by Crippen LogP contribution is 2.07. The molecule has 0 aromatic carbocycles. The summed E-state index contributed by atoms with van der Waals surface area (Å²) in [4.78, 5) is 26.6. The van der Waals surface area contributed by atoms with Gasteiger partial charge in [0.1, 0.15) is 6.54 Å². The summed E-state index contributed by atoms with van der Waals surface area (Å²) >= 11 is 1.58. The number of urea groups is 1. The van der Waals surface area contributed by atoms with Gasteiger partial charge in [-0.25, -0.2) is 9.78 Å². The van der Waals surface area contributed by atoms with Gasteiger partial charge in [-0.05, 0) is 13.8 Å². The second kappa shape index (κ2) is 7.65. The molecule has 0 fully saturated rings. The molecule has 1 aromatic heterocycles. The molecule has 0 bridgehead atoms. The lowest BCUT2D eigenvalue weighted by Gasteiger charge is -2.06. The van der Waals surface area contributed by atoms with E-state index in [0.29, 0.717) is 19.6 Å². The Hall–Kier alpha value is -1.63. The van der Waals surface area contributed by atoms with Crippen LogP contribution < -0.4 is 10.6 Å². The third-order valence-electron chi connectivity index (χ3n) is 2.03. The van der Waals surface area contributed by atoms with Crippen LogP contribution in [0, 0.1) is 6.92 Å². The molecule has 18 heavy (non-hydrogen) atoms. The Balaban J connectivity index is 2.12. The van der Waals surface area contributed by atoms with Crippen molar-refractivity contribution >= 4 is 23.3 Å². The summed E-state index contributed by atoms with van der Waals surface area (Å²) < 4.78 is 4.68. The van der Waals surface area contributed by atoms with Gasteiger partial charge in [-0.2, -0.15) is 0 Å². The van der Waals surface area contributed by atoms with Gasteiger partial charge in [0.15, 0.2) is 0 Å². The molecule has 0 radical (unpaired) electrons. The Morgan fingerprint density at radius 3 is 2.83 bits per heavy atom. The lowest BCUT2D eigenvalue weighted by Crippen LogP contribution is -2.39. The number of hydrogen-bond donors (Lipinski definition) is 2. The van der Waals surface area contributed by atoms with Crippen molar-refractivity contribution in [2.24, 2.45) is 0 Å². The van der Waals surface area contributed by atoms with Crippen molar-refractivity contribution < 1.29 is 14.3 Å². The van der Waals surface area contributed by atoms with Gasteiger partial charge in [0.05, 0.1) is 17.3 Å². The predicted octanol–water partition coefficient (Wildman–Crippen LogP) is 0.856. The SMILES string of the molecule is CCOC(=O)CNC(=O)NCCc1csc(C)n1. The minimum atomic E-state index is -0.442. The fraction of sp³-hybridized carbons (Fsp3) is 0.545. The van der Waals surface area contributed by atoms with E-state index >= 15 is 0 Å². The van der Waals surface area contributed by atoms with Crippen LogP contribution in [0.3, 0.4) is 0 Å². The first kappa shape index (κ1) is 14.4. The van der Waals surface area contributed by atoms with Gasteiger partial charge in [0.2, 0.25) is 0 Å². The molecule has 7 heteroatoms. The maximum atomic E-state index is 11.3. The van der Waals surface area contributed by atoms with Crippen molar-refractivity contribution in [3.8, 4) is 0 Å².